The Kier molecular flexibility index (Phi) is 4.64. The first-order valence-electron chi connectivity index (χ1n) is 9.83. The molecule has 3 aromatic rings. The summed E-state index contributed by atoms with van der Waals surface area (Å²) in [6.07, 6.45) is 0.428. The minimum Gasteiger partial charge on any atom is -0.494 e. The second-order valence-corrected chi connectivity index (χ2v) is 7.54. The number of hydrogen-bond donors (Lipinski definition) is 0. The van der Waals surface area contributed by atoms with Gasteiger partial charge in [0.2, 0.25) is 6.23 Å². The number of hydrogen-bond acceptors (Lipinski definition) is 4. The van der Waals surface area contributed by atoms with Crippen LogP contribution in [-0.4, -0.2) is 17.3 Å². The molecule has 0 aliphatic carbocycles. The van der Waals surface area contributed by atoms with E-state index in [2.05, 4.69) is 18.2 Å². The van der Waals surface area contributed by atoms with Gasteiger partial charge in [0.1, 0.15) is 11.5 Å². The first-order valence-corrected chi connectivity index (χ1v) is 10.2. The van der Waals surface area contributed by atoms with Crippen molar-refractivity contribution >= 4 is 17.3 Å². The van der Waals surface area contributed by atoms with E-state index in [0.717, 1.165) is 40.3 Å². The molecule has 5 heteroatoms. The van der Waals surface area contributed by atoms with Gasteiger partial charge in [-0.25, -0.2) is 5.01 Å². The molecule has 2 heterocycles. The maximum absolute atomic E-state index is 6.52. The van der Waals surface area contributed by atoms with E-state index in [1.807, 2.05) is 66.5 Å². The van der Waals surface area contributed by atoms with Gasteiger partial charge in [-0.2, -0.15) is 5.10 Å². The molecule has 0 saturated heterocycles. The average Bonchev–Trinajstić information content (AvgIpc) is 3.21. The summed E-state index contributed by atoms with van der Waals surface area (Å²) >= 11 is 6.52. The van der Waals surface area contributed by atoms with E-state index >= 15 is 0 Å². The van der Waals surface area contributed by atoms with E-state index in [9.17, 15) is 0 Å². The molecule has 4 nitrogen and oxygen atoms in total. The van der Waals surface area contributed by atoms with Crippen molar-refractivity contribution in [3.63, 3.8) is 0 Å². The fourth-order valence-corrected chi connectivity index (χ4v) is 4.24. The normalized spacial score (nSPS) is 19.8. The maximum Gasteiger partial charge on any atom is 0.215 e. The molecular weight excluding hydrogens is 384 g/mol. The Balaban J connectivity index is 1.61. The van der Waals surface area contributed by atoms with Crippen LogP contribution in [0.25, 0.3) is 0 Å². The van der Waals surface area contributed by atoms with Crippen molar-refractivity contribution in [3.8, 4) is 11.5 Å². The van der Waals surface area contributed by atoms with Crippen LogP contribution in [0.2, 0.25) is 5.02 Å². The van der Waals surface area contributed by atoms with Gasteiger partial charge in [0.15, 0.2) is 0 Å². The smallest absolute Gasteiger partial charge is 0.215 e. The quantitative estimate of drug-likeness (QED) is 0.536. The standard InChI is InChI=1S/C24H21ClN2O2/c1-2-28-17-12-13-23-19(14-17)22-15-21(16-8-4-3-5-9-16)26-27(22)24(29-23)18-10-6-7-11-20(18)25/h3-14,22,24H,2,15H2,1H3/t22-,24+/m0/s1. The number of rotatable bonds is 4. The summed E-state index contributed by atoms with van der Waals surface area (Å²) in [5.41, 5.74) is 4.18. The van der Waals surface area contributed by atoms with E-state index in [1.54, 1.807) is 0 Å². The number of nitrogens with zero attached hydrogens (tertiary/aromatic N) is 2. The van der Waals surface area contributed by atoms with Crippen LogP contribution in [0.3, 0.4) is 0 Å². The second-order valence-electron chi connectivity index (χ2n) is 7.14. The lowest BCUT2D eigenvalue weighted by Crippen LogP contribution is -2.33. The highest BCUT2D eigenvalue weighted by molar-refractivity contribution is 6.31. The van der Waals surface area contributed by atoms with Crippen LogP contribution in [0.15, 0.2) is 77.9 Å². The van der Waals surface area contributed by atoms with Gasteiger partial charge in [0, 0.05) is 22.6 Å². The van der Waals surface area contributed by atoms with E-state index in [-0.39, 0.29) is 12.3 Å². The zero-order chi connectivity index (χ0) is 19.8. The van der Waals surface area contributed by atoms with Crippen molar-refractivity contribution < 1.29 is 9.47 Å². The lowest BCUT2D eigenvalue weighted by atomic mass is 9.95. The Morgan fingerprint density at radius 2 is 1.83 bits per heavy atom. The minimum absolute atomic E-state index is 0.0654. The average molecular weight is 405 g/mol. The molecule has 2 aliphatic heterocycles. The fraction of sp³-hybridized carbons (Fsp3) is 0.208. The molecule has 0 spiro atoms. The molecule has 0 unspecified atom stereocenters. The van der Waals surface area contributed by atoms with E-state index in [0.29, 0.717) is 11.6 Å². The molecule has 5 rings (SSSR count). The zero-order valence-electron chi connectivity index (χ0n) is 16.1. The lowest BCUT2D eigenvalue weighted by molar-refractivity contribution is -0.0191. The summed E-state index contributed by atoms with van der Waals surface area (Å²) in [5, 5.41) is 7.70. The largest absolute Gasteiger partial charge is 0.494 e. The molecular formula is C24H21ClN2O2. The van der Waals surface area contributed by atoms with Crippen molar-refractivity contribution in [3.05, 3.63) is 94.5 Å². The van der Waals surface area contributed by atoms with Crippen LogP contribution in [-0.2, 0) is 0 Å². The number of benzene rings is 3. The molecule has 0 fully saturated rings. The third kappa shape index (κ3) is 3.23. The molecule has 0 bridgehead atoms. The van der Waals surface area contributed by atoms with Crippen molar-refractivity contribution in [2.24, 2.45) is 5.10 Å². The number of halogens is 1. The van der Waals surface area contributed by atoms with Gasteiger partial charge in [-0.15, -0.1) is 0 Å². The molecule has 2 aliphatic rings. The van der Waals surface area contributed by atoms with Gasteiger partial charge < -0.3 is 9.47 Å². The molecule has 29 heavy (non-hydrogen) atoms. The van der Waals surface area contributed by atoms with Gasteiger partial charge in [0.25, 0.3) is 0 Å². The highest BCUT2D eigenvalue weighted by Crippen LogP contribution is 2.49. The Labute approximate surface area is 175 Å². The van der Waals surface area contributed by atoms with Crippen molar-refractivity contribution in [1.29, 1.82) is 0 Å². The van der Waals surface area contributed by atoms with Gasteiger partial charge in [-0.3, -0.25) is 0 Å². The zero-order valence-corrected chi connectivity index (χ0v) is 16.8. The topological polar surface area (TPSA) is 34.1 Å². The fourth-order valence-electron chi connectivity index (χ4n) is 4.01. The summed E-state index contributed by atoms with van der Waals surface area (Å²) in [6, 6.07) is 24.2. The van der Waals surface area contributed by atoms with Gasteiger partial charge in [0.05, 0.1) is 18.4 Å². The maximum atomic E-state index is 6.52. The first-order chi connectivity index (χ1) is 14.2. The minimum atomic E-state index is -0.375. The Hall–Kier alpha value is -2.98. The second kappa shape index (κ2) is 7.45. The number of hydrazone groups is 1. The van der Waals surface area contributed by atoms with Crippen LogP contribution in [0.4, 0.5) is 0 Å². The van der Waals surface area contributed by atoms with Crippen molar-refractivity contribution in [2.75, 3.05) is 6.61 Å². The van der Waals surface area contributed by atoms with Gasteiger partial charge >= 0.3 is 0 Å². The van der Waals surface area contributed by atoms with Crippen molar-refractivity contribution in [1.82, 2.24) is 5.01 Å². The summed E-state index contributed by atoms with van der Waals surface area (Å²) in [4.78, 5) is 0. The predicted molar refractivity (Wildman–Crippen MR) is 115 cm³/mol. The van der Waals surface area contributed by atoms with Crippen LogP contribution in [0.5, 0.6) is 11.5 Å². The molecule has 0 amide bonds. The van der Waals surface area contributed by atoms with Crippen LogP contribution >= 0.6 is 11.6 Å². The predicted octanol–water partition coefficient (Wildman–Crippen LogP) is 5.98. The third-order valence-corrected chi connectivity index (χ3v) is 5.69. The SMILES string of the molecule is CCOc1ccc2c(c1)[C@@H]1CC(c3ccccc3)=NN1[C@@H](c1ccccc1Cl)O2. The summed E-state index contributed by atoms with van der Waals surface area (Å²) < 4.78 is 12.1. The highest BCUT2D eigenvalue weighted by Gasteiger charge is 2.41. The van der Waals surface area contributed by atoms with E-state index < -0.39 is 0 Å². The third-order valence-electron chi connectivity index (χ3n) is 5.35. The number of ether oxygens (including phenoxy) is 2. The van der Waals surface area contributed by atoms with Crippen LogP contribution < -0.4 is 9.47 Å². The van der Waals surface area contributed by atoms with Crippen molar-refractivity contribution in [2.45, 2.75) is 25.6 Å². The first kappa shape index (κ1) is 18.1. The van der Waals surface area contributed by atoms with Gasteiger partial charge in [-0.05, 0) is 36.8 Å². The molecule has 0 saturated carbocycles. The molecule has 3 aromatic carbocycles. The Bertz CT molecular complexity index is 1070. The molecule has 146 valence electrons. The molecule has 2 atom stereocenters. The number of fused-ring (bicyclic) bond motifs is 3. The monoisotopic (exact) mass is 404 g/mol. The lowest BCUT2D eigenvalue weighted by Gasteiger charge is -2.38. The van der Waals surface area contributed by atoms with E-state index in [1.165, 1.54) is 0 Å². The Morgan fingerprint density at radius 3 is 2.62 bits per heavy atom. The molecule has 0 radical (unpaired) electrons. The molecule has 0 N–H and O–H groups in total. The summed E-state index contributed by atoms with van der Waals surface area (Å²) in [6.45, 7) is 2.61. The van der Waals surface area contributed by atoms with Crippen LogP contribution in [0, 0.1) is 0 Å². The highest BCUT2D eigenvalue weighted by atomic mass is 35.5. The Morgan fingerprint density at radius 1 is 1.03 bits per heavy atom. The van der Waals surface area contributed by atoms with Gasteiger partial charge in [-0.1, -0.05) is 60.1 Å². The summed E-state index contributed by atoms with van der Waals surface area (Å²) in [7, 11) is 0. The van der Waals surface area contributed by atoms with Crippen LogP contribution in [0.1, 0.15) is 42.3 Å². The molecule has 0 aromatic heterocycles. The summed E-state index contributed by atoms with van der Waals surface area (Å²) in [5.74, 6) is 1.70. The van der Waals surface area contributed by atoms with E-state index in [4.69, 9.17) is 26.2 Å².